The molecule has 0 unspecified atom stereocenters. The van der Waals surface area contributed by atoms with Crippen molar-refractivity contribution in [1.82, 2.24) is 10.2 Å². The van der Waals surface area contributed by atoms with Gasteiger partial charge in [0.2, 0.25) is 5.91 Å². The third-order valence-electron chi connectivity index (χ3n) is 2.70. The van der Waals surface area contributed by atoms with Crippen LogP contribution < -0.4 is 5.32 Å². The average molecular weight is 246 g/mol. The Labute approximate surface area is 109 Å². The molecule has 0 aromatic heterocycles. The van der Waals surface area contributed by atoms with Gasteiger partial charge in [0.25, 0.3) is 0 Å². The molecule has 98 valence electrons. The van der Waals surface area contributed by atoms with Crippen LogP contribution in [0.3, 0.4) is 0 Å². The molecule has 1 amide bonds. The Balaban J connectivity index is 2.59. The molecule has 1 aromatic rings. The smallest absolute Gasteiger partial charge is 0.237 e. The fraction of sp³-hybridized carbons (Fsp3) is 0.400. The summed E-state index contributed by atoms with van der Waals surface area (Å²) >= 11 is 0. The molecule has 0 spiro atoms. The molecule has 0 fully saturated rings. The molecule has 1 aromatic carbocycles. The van der Waals surface area contributed by atoms with E-state index in [9.17, 15) is 4.79 Å². The Morgan fingerprint density at radius 2 is 2.06 bits per heavy atom. The molecular weight excluding hydrogens is 224 g/mol. The Morgan fingerprint density at radius 1 is 1.39 bits per heavy atom. The van der Waals surface area contributed by atoms with Crippen LogP contribution in [0.25, 0.3) is 0 Å². The fourth-order valence-electron chi connectivity index (χ4n) is 1.72. The number of amides is 1. The second kappa shape index (κ2) is 7.67. The Hall–Kier alpha value is -1.61. The summed E-state index contributed by atoms with van der Waals surface area (Å²) in [7, 11) is 0. The van der Waals surface area contributed by atoms with Gasteiger partial charge in [-0.25, -0.2) is 0 Å². The van der Waals surface area contributed by atoms with Crippen molar-refractivity contribution in [2.45, 2.75) is 26.4 Å². The van der Waals surface area contributed by atoms with Gasteiger partial charge in [-0.1, -0.05) is 36.4 Å². The predicted octanol–water partition coefficient (Wildman–Crippen LogP) is 2.20. The van der Waals surface area contributed by atoms with Crippen LogP contribution in [0.2, 0.25) is 0 Å². The minimum Gasteiger partial charge on any atom is -0.335 e. The van der Waals surface area contributed by atoms with E-state index in [-0.39, 0.29) is 11.9 Å². The first-order chi connectivity index (χ1) is 8.65. The van der Waals surface area contributed by atoms with Gasteiger partial charge >= 0.3 is 0 Å². The minimum atomic E-state index is 0.121. The van der Waals surface area contributed by atoms with E-state index in [1.54, 1.807) is 6.08 Å². The average Bonchev–Trinajstić information content (AvgIpc) is 2.37. The number of rotatable bonds is 7. The van der Waals surface area contributed by atoms with Crippen molar-refractivity contribution in [2.24, 2.45) is 0 Å². The molecule has 3 nitrogen and oxygen atoms in total. The topological polar surface area (TPSA) is 32.3 Å². The Kier molecular flexibility index (Phi) is 6.15. The van der Waals surface area contributed by atoms with E-state index in [1.165, 1.54) is 0 Å². The van der Waals surface area contributed by atoms with Crippen LogP contribution >= 0.6 is 0 Å². The van der Waals surface area contributed by atoms with Crippen molar-refractivity contribution in [3.05, 3.63) is 48.6 Å². The van der Waals surface area contributed by atoms with Gasteiger partial charge in [-0.2, -0.15) is 0 Å². The molecule has 0 radical (unpaired) electrons. The van der Waals surface area contributed by atoms with Crippen molar-refractivity contribution >= 4 is 5.91 Å². The standard InChI is InChI=1S/C15H22N2O/c1-4-10-16-11-15(18)17(13(2)3)12-14-8-6-5-7-9-14/h4-9,13,16H,1,10-12H2,2-3H3. The highest BCUT2D eigenvalue weighted by atomic mass is 16.2. The zero-order chi connectivity index (χ0) is 13.4. The number of carbonyl (C=O) groups excluding carboxylic acids is 1. The molecule has 0 saturated carbocycles. The maximum atomic E-state index is 12.1. The van der Waals surface area contributed by atoms with Gasteiger partial charge in [0.05, 0.1) is 6.54 Å². The van der Waals surface area contributed by atoms with E-state index in [4.69, 9.17) is 0 Å². The van der Waals surface area contributed by atoms with Gasteiger partial charge in [-0.15, -0.1) is 6.58 Å². The number of benzene rings is 1. The molecule has 18 heavy (non-hydrogen) atoms. The number of hydrogen-bond acceptors (Lipinski definition) is 2. The van der Waals surface area contributed by atoms with E-state index in [1.807, 2.05) is 49.1 Å². The lowest BCUT2D eigenvalue weighted by Crippen LogP contribution is -2.41. The Bertz CT molecular complexity index is 373. The van der Waals surface area contributed by atoms with Gasteiger partial charge in [0, 0.05) is 19.1 Å². The quantitative estimate of drug-likeness (QED) is 0.591. The molecule has 0 aliphatic rings. The van der Waals surface area contributed by atoms with Crippen LogP contribution in [0.15, 0.2) is 43.0 Å². The van der Waals surface area contributed by atoms with Crippen molar-refractivity contribution in [1.29, 1.82) is 0 Å². The highest BCUT2D eigenvalue weighted by Crippen LogP contribution is 2.08. The lowest BCUT2D eigenvalue weighted by molar-refractivity contribution is -0.132. The summed E-state index contributed by atoms with van der Waals surface area (Å²) in [5.41, 5.74) is 1.16. The second-order valence-electron chi connectivity index (χ2n) is 4.52. The van der Waals surface area contributed by atoms with E-state index in [0.717, 1.165) is 5.56 Å². The van der Waals surface area contributed by atoms with Gasteiger partial charge in [0.15, 0.2) is 0 Å². The summed E-state index contributed by atoms with van der Waals surface area (Å²) in [6.07, 6.45) is 1.75. The first-order valence-corrected chi connectivity index (χ1v) is 6.30. The lowest BCUT2D eigenvalue weighted by Gasteiger charge is -2.27. The normalized spacial score (nSPS) is 10.4. The van der Waals surface area contributed by atoms with E-state index < -0.39 is 0 Å². The number of nitrogens with zero attached hydrogens (tertiary/aromatic N) is 1. The van der Waals surface area contributed by atoms with Gasteiger partial charge < -0.3 is 10.2 Å². The van der Waals surface area contributed by atoms with Gasteiger partial charge in [-0.05, 0) is 19.4 Å². The predicted molar refractivity (Wildman–Crippen MR) is 75.2 cm³/mol. The van der Waals surface area contributed by atoms with E-state index >= 15 is 0 Å². The maximum absolute atomic E-state index is 12.1. The molecule has 0 atom stereocenters. The maximum Gasteiger partial charge on any atom is 0.237 e. The SMILES string of the molecule is C=CCNCC(=O)N(Cc1ccccc1)C(C)C. The number of carbonyl (C=O) groups is 1. The molecule has 0 saturated heterocycles. The zero-order valence-electron chi connectivity index (χ0n) is 11.2. The molecular formula is C15H22N2O. The van der Waals surface area contributed by atoms with Crippen molar-refractivity contribution in [3.63, 3.8) is 0 Å². The first-order valence-electron chi connectivity index (χ1n) is 6.30. The summed E-state index contributed by atoms with van der Waals surface area (Å²) in [4.78, 5) is 14.0. The molecule has 3 heteroatoms. The summed E-state index contributed by atoms with van der Waals surface area (Å²) in [5, 5.41) is 3.05. The van der Waals surface area contributed by atoms with Gasteiger partial charge in [0.1, 0.15) is 0 Å². The summed E-state index contributed by atoms with van der Waals surface area (Å²) in [6, 6.07) is 10.3. The molecule has 0 aliphatic heterocycles. The third kappa shape index (κ3) is 4.72. The summed E-state index contributed by atoms with van der Waals surface area (Å²) < 4.78 is 0. The Morgan fingerprint density at radius 3 is 2.61 bits per heavy atom. The largest absolute Gasteiger partial charge is 0.335 e. The molecule has 1 N–H and O–H groups in total. The van der Waals surface area contributed by atoms with Crippen molar-refractivity contribution in [3.8, 4) is 0 Å². The van der Waals surface area contributed by atoms with E-state index in [2.05, 4.69) is 11.9 Å². The van der Waals surface area contributed by atoms with Crippen LogP contribution in [0.5, 0.6) is 0 Å². The zero-order valence-corrected chi connectivity index (χ0v) is 11.2. The van der Waals surface area contributed by atoms with Crippen LogP contribution in [0.4, 0.5) is 0 Å². The number of nitrogens with one attached hydrogen (secondary N) is 1. The number of hydrogen-bond donors (Lipinski definition) is 1. The van der Waals surface area contributed by atoms with E-state index in [0.29, 0.717) is 19.6 Å². The van der Waals surface area contributed by atoms with Crippen molar-refractivity contribution in [2.75, 3.05) is 13.1 Å². The lowest BCUT2D eigenvalue weighted by atomic mass is 10.2. The highest BCUT2D eigenvalue weighted by molar-refractivity contribution is 5.78. The van der Waals surface area contributed by atoms with Crippen LogP contribution in [-0.4, -0.2) is 29.9 Å². The third-order valence-corrected chi connectivity index (χ3v) is 2.70. The molecule has 0 bridgehead atoms. The fourth-order valence-corrected chi connectivity index (χ4v) is 1.72. The molecule has 1 rings (SSSR count). The summed E-state index contributed by atoms with van der Waals surface area (Å²) in [5.74, 6) is 0.121. The van der Waals surface area contributed by atoms with Crippen LogP contribution in [0.1, 0.15) is 19.4 Å². The first kappa shape index (κ1) is 14.5. The molecule has 0 aliphatic carbocycles. The molecule has 0 heterocycles. The minimum absolute atomic E-state index is 0.121. The van der Waals surface area contributed by atoms with Crippen LogP contribution in [-0.2, 0) is 11.3 Å². The monoisotopic (exact) mass is 246 g/mol. The van der Waals surface area contributed by atoms with Crippen molar-refractivity contribution < 1.29 is 4.79 Å². The summed E-state index contributed by atoms with van der Waals surface area (Å²) in [6.45, 7) is 9.36. The second-order valence-corrected chi connectivity index (χ2v) is 4.52. The highest BCUT2D eigenvalue weighted by Gasteiger charge is 2.16. The van der Waals surface area contributed by atoms with Crippen LogP contribution in [0, 0.1) is 0 Å². The van der Waals surface area contributed by atoms with Gasteiger partial charge in [-0.3, -0.25) is 4.79 Å².